The number of hydrogen-bond acceptors (Lipinski definition) is 5. The van der Waals surface area contributed by atoms with Gasteiger partial charge in [-0.15, -0.1) is 0 Å². The fourth-order valence-electron chi connectivity index (χ4n) is 2.71. The molecule has 0 bridgehead atoms. The molecular weight excluding hydrogens is 408 g/mol. The molecule has 2 rings (SSSR count). The van der Waals surface area contributed by atoms with Gasteiger partial charge < -0.3 is 29.7 Å². The van der Waals surface area contributed by atoms with Crippen molar-refractivity contribution in [2.24, 2.45) is 4.99 Å². The van der Waals surface area contributed by atoms with E-state index in [0.29, 0.717) is 24.8 Å². The molecule has 1 unspecified atom stereocenters. The van der Waals surface area contributed by atoms with Crippen molar-refractivity contribution in [1.82, 2.24) is 15.5 Å². The normalized spacial score (nSPS) is 12.0. The van der Waals surface area contributed by atoms with Crippen molar-refractivity contribution in [3.05, 3.63) is 54.1 Å². The molecule has 2 aromatic rings. The molecule has 0 aliphatic carbocycles. The van der Waals surface area contributed by atoms with Crippen LogP contribution in [0.15, 0.2) is 53.5 Å². The second-order valence-electron chi connectivity index (χ2n) is 7.41. The van der Waals surface area contributed by atoms with Gasteiger partial charge in [0.15, 0.2) is 12.6 Å². The Hall–Kier alpha value is -3.42. The summed E-state index contributed by atoms with van der Waals surface area (Å²) in [7, 11) is 5.04. The van der Waals surface area contributed by atoms with Crippen LogP contribution in [0.25, 0.3) is 0 Å². The van der Waals surface area contributed by atoms with Gasteiger partial charge in [-0.2, -0.15) is 0 Å². The highest BCUT2D eigenvalue weighted by molar-refractivity contribution is 5.79. The minimum Gasteiger partial charge on any atom is -0.497 e. The quantitative estimate of drug-likeness (QED) is 0.411. The highest BCUT2D eigenvalue weighted by Crippen LogP contribution is 2.19. The summed E-state index contributed by atoms with van der Waals surface area (Å²) in [6.45, 7) is 5.81. The lowest BCUT2D eigenvalue weighted by molar-refractivity contribution is -0.130. The Morgan fingerprint density at radius 1 is 1.06 bits per heavy atom. The fraction of sp³-hybridized carbons (Fsp3) is 0.417. The Labute approximate surface area is 190 Å². The third kappa shape index (κ3) is 8.75. The van der Waals surface area contributed by atoms with Crippen LogP contribution in [0.2, 0.25) is 0 Å². The number of nitrogens with one attached hydrogen (secondary N) is 2. The van der Waals surface area contributed by atoms with Crippen LogP contribution in [0.5, 0.6) is 17.2 Å². The molecule has 1 atom stereocenters. The van der Waals surface area contributed by atoms with Crippen molar-refractivity contribution in [3.8, 4) is 17.2 Å². The zero-order chi connectivity index (χ0) is 23.3. The molecule has 0 saturated heterocycles. The maximum Gasteiger partial charge on any atom is 0.259 e. The number of benzene rings is 2. The molecule has 2 N–H and O–H groups in total. The number of likely N-dealkylation sites (N-methyl/N-ethyl adjacent to an activating group) is 1. The predicted octanol–water partition coefficient (Wildman–Crippen LogP) is 2.68. The second kappa shape index (κ2) is 13.1. The summed E-state index contributed by atoms with van der Waals surface area (Å²) in [6.07, 6.45) is -0.0723. The van der Waals surface area contributed by atoms with E-state index in [0.717, 1.165) is 23.6 Å². The predicted molar refractivity (Wildman–Crippen MR) is 127 cm³/mol. The van der Waals surface area contributed by atoms with Crippen molar-refractivity contribution < 1.29 is 19.0 Å². The summed E-state index contributed by atoms with van der Waals surface area (Å²) >= 11 is 0. The number of carbonyl (C=O) groups is 1. The van der Waals surface area contributed by atoms with E-state index in [2.05, 4.69) is 15.6 Å². The smallest absolute Gasteiger partial charge is 0.259 e. The number of carbonyl (C=O) groups excluding carboxylic acids is 1. The summed E-state index contributed by atoms with van der Waals surface area (Å²) in [6, 6.07) is 15.1. The first kappa shape index (κ1) is 24.8. The third-order valence-corrected chi connectivity index (χ3v) is 4.46. The second-order valence-corrected chi connectivity index (χ2v) is 7.41. The van der Waals surface area contributed by atoms with Crippen LogP contribution < -0.4 is 24.8 Å². The van der Waals surface area contributed by atoms with Gasteiger partial charge in [-0.05, 0) is 43.7 Å². The van der Waals surface area contributed by atoms with Crippen molar-refractivity contribution in [2.75, 3.05) is 40.9 Å². The van der Waals surface area contributed by atoms with Crippen molar-refractivity contribution in [2.45, 2.75) is 26.5 Å². The van der Waals surface area contributed by atoms with E-state index in [4.69, 9.17) is 14.2 Å². The van der Waals surface area contributed by atoms with E-state index in [-0.39, 0.29) is 18.6 Å². The average Bonchev–Trinajstić information content (AvgIpc) is 2.79. The van der Waals surface area contributed by atoms with E-state index < -0.39 is 0 Å². The van der Waals surface area contributed by atoms with E-state index in [1.807, 2.05) is 62.4 Å². The first-order chi connectivity index (χ1) is 15.4. The van der Waals surface area contributed by atoms with Crippen LogP contribution in [0, 0.1) is 0 Å². The standard InChI is InChI=1S/C24H34N4O4/c1-6-25-24(26-15-18(2)32-22-12-8-10-20(14-22)30-5)27-16-19-9-7-11-21(13-19)31-17-23(29)28(3)4/h7-14,18H,6,15-17H2,1-5H3,(H2,25,26,27). The van der Waals surface area contributed by atoms with Crippen LogP contribution in [0.4, 0.5) is 0 Å². The molecule has 0 aliphatic heterocycles. The minimum atomic E-state index is -0.0858. The average molecular weight is 443 g/mol. The van der Waals surface area contributed by atoms with Crippen molar-refractivity contribution >= 4 is 11.9 Å². The summed E-state index contributed by atoms with van der Waals surface area (Å²) < 4.78 is 16.8. The Balaban J connectivity index is 1.90. The molecule has 0 aliphatic rings. The minimum absolute atomic E-state index is 0.00902. The number of aliphatic imine (C=N–C) groups is 1. The van der Waals surface area contributed by atoms with Gasteiger partial charge in [0.25, 0.3) is 5.91 Å². The Kier molecular flexibility index (Phi) is 10.2. The first-order valence-electron chi connectivity index (χ1n) is 10.7. The Morgan fingerprint density at radius 3 is 2.50 bits per heavy atom. The molecule has 0 saturated carbocycles. The molecule has 0 radical (unpaired) electrons. The van der Waals surface area contributed by atoms with Gasteiger partial charge in [0.1, 0.15) is 23.4 Å². The van der Waals surface area contributed by atoms with Crippen molar-refractivity contribution in [3.63, 3.8) is 0 Å². The lowest BCUT2D eigenvalue weighted by Gasteiger charge is -2.18. The van der Waals surface area contributed by atoms with Gasteiger partial charge in [0.2, 0.25) is 0 Å². The number of ether oxygens (including phenoxy) is 3. The van der Waals surface area contributed by atoms with E-state index in [9.17, 15) is 4.79 Å². The van der Waals surface area contributed by atoms with Gasteiger partial charge >= 0.3 is 0 Å². The van der Waals surface area contributed by atoms with Gasteiger partial charge in [-0.1, -0.05) is 18.2 Å². The van der Waals surface area contributed by atoms with Crippen LogP contribution >= 0.6 is 0 Å². The lowest BCUT2D eigenvalue weighted by Crippen LogP contribution is -2.41. The zero-order valence-electron chi connectivity index (χ0n) is 19.6. The maximum atomic E-state index is 11.7. The largest absolute Gasteiger partial charge is 0.497 e. The van der Waals surface area contributed by atoms with Gasteiger partial charge in [0, 0.05) is 26.7 Å². The molecule has 0 spiro atoms. The highest BCUT2D eigenvalue weighted by Gasteiger charge is 2.08. The van der Waals surface area contributed by atoms with Gasteiger partial charge in [-0.25, -0.2) is 4.99 Å². The molecule has 0 fully saturated rings. The number of rotatable bonds is 11. The molecule has 0 heterocycles. The van der Waals surface area contributed by atoms with Crippen LogP contribution in [-0.4, -0.2) is 63.8 Å². The summed E-state index contributed by atoms with van der Waals surface area (Å²) in [4.78, 5) is 17.9. The Morgan fingerprint density at radius 2 is 1.78 bits per heavy atom. The molecule has 174 valence electrons. The fourth-order valence-corrected chi connectivity index (χ4v) is 2.71. The van der Waals surface area contributed by atoms with Crippen molar-refractivity contribution in [1.29, 1.82) is 0 Å². The van der Waals surface area contributed by atoms with Crippen LogP contribution in [0.3, 0.4) is 0 Å². The Bertz CT molecular complexity index is 886. The molecule has 0 aromatic heterocycles. The molecule has 2 aromatic carbocycles. The zero-order valence-corrected chi connectivity index (χ0v) is 19.6. The summed E-state index contributed by atoms with van der Waals surface area (Å²) in [5.74, 6) is 2.77. The van der Waals surface area contributed by atoms with Crippen LogP contribution in [-0.2, 0) is 11.3 Å². The first-order valence-corrected chi connectivity index (χ1v) is 10.7. The number of methoxy groups -OCH3 is 1. The topological polar surface area (TPSA) is 84.4 Å². The summed E-state index contributed by atoms with van der Waals surface area (Å²) in [5.41, 5.74) is 0.984. The maximum absolute atomic E-state index is 11.7. The number of nitrogens with zero attached hydrogens (tertiary/aromatic N) is 2. The number of guanidine groups is 1. The monoisotopic (exact) mass is 442 g/mol. The van der Waals surface area contributed by atoms with Gasteiger partial charge in [-0.3, -0.25) is 4.79 Å². The molecule has 8 heteroatoms. The van der Waals surface area contributed by atoms with E-state index >= 15 is 0 Å². The molecule has 1 amide bonds. The SMILES string of the molecule is CCNC(=NCc1cccc(OCC(=O)N(C)C)c1)NCC(C)Oc1cccc(OC)c1. The van der Waals surface area contributed by atoms with E-state index in [1.165, 1.54) is 4.90 Å². The number of hydrogen-bond donors (Lipinski definition) is 2. The summed E-state index contributed by atoms with van der Waals surface area (Å²) in [5, 5.41) is 6.55. The highest BCUT2D eigenvalue weighted by atomic mass is 16.5. The molecular formula is C24H34N4O4. The third-order valence-electron chi connectivity index (χ3n) is 4.46. The van der Waals surface area contributed by atoms with E-state index in [1.54, 1.807) is 21.2 Å². The molecule has 8 nitrogen and oxygen atoms in total. The van der Waals surface area contributed by atoms with Gasteiger partial charge in [0.05, 0.1) is 20.2 Å². The number of amides is 1. The lowest BCUT2D eigenvalue weighted by atomic mass is 10.2. The molecule has 32 heavy (non-hydrogen) atoms. The van der Waals surface area contributed by atoms with Crippen LogP contribution in [0.1, 0.15) is 19.4 Å².